The van der Waals surface area contributed by atoms with E-state index in [-0.39, 0.29) is 0 Å². The van der Waals surface area contributed by atoms with Crippen LogP contribution in [0, 0.1) is 6.92 Å². The van der Waals surface area contributed by atoms with E-state index in [1.807, 2.05) is 43.3 Å². The first-order chi connectivity index (χ1) is 11.2. The van der Waals surface area contributed by atoms with Gasteiger partial charge in [-0.25, -0.2) is 4.98 Å². The standard InChI is InChI=1S/C17H17N3OS2/c1-4-22-15-10-9-13(19-20-15)16-11(2)18-17(23-16)12-7-5-6-8-14(12)21-3/h5-10H,4H2,1-3H3. The normalized spacial score (nSPS) is 10.7. The first kappa shape index (κ1) is 16.0. The fraction of sp³-hybridized carbons (Fsp3) is 0.235. The van der Waals surface area contributed by atoms with Crippen LogP contribution >= 0.6 is 23.1 Å². The number of ether oxygens (including phenoxy) is 1. The third-order valence-electron chi connectivity index (χ3n) is 3.30. The highest BCUT2D eigenvalue weighted by Crippen LogP contribution is 2.38. The second kappa shape index (κ2) is 7.10. The summed E-state index contributed by atoms with van der Waals surface area (Å²) in [5, 5.41) is 10.5. The Labute approximate surface area is 144 Å². The van der Waals surface area contributed by atoms with Crippen molar-refractivity contribution >= 4 is 23.1 Å². The van der Waals surface area contributed by atoms with Crippen molar-refractivity contribution in [3.63, 3.8) is 0 Å². The third kappa shape index (κ3) is 3.38. The fourth-order valence-electron chi connectivity index (χ4n) is 2.24. The lowest BCUT2D eigenvalue weighted by Gasteiger charge is -2.04. The van der Waals surface area contributed by atoms with Crippen LogP contribution in [-0.2, 0) is 0 Å². The number of benzene rings is 1. The van der Waals surface area contributed by atoms with Crippen molar-refractivity contribution in [1.29, 1.82) is 0 Å². The molecule has 4 nitrogen and oxygen atoms in total. The average Bonchev–Trinajstić information content (AvgIpc) is 2.97. The summed E-state index contributed by atoms with van der Waals surface area (Å²) in [5.41, 5.74) is 2.82. The molecule has 0 N–H and O–H groups in total. The molecule has 0 aliphatic carbocycles. The van der Waals surface area contributed by atoms with Gasteiger partial charge in [0.25, 0.3) is 0 Å². The first-order valence-electron chi connectivity index (χ1n) is 7.30. The van der Waals surface area contributed by atoms with E-state index < -0.39 is 0 Å². The lowest BCUT2D eigenvalue weighted by Crippen LogP contribution is -1.89. The third-order valence-corrected chi connectivity index (χ3v) is 5.31. The van der Waals surface area contributed by atoms with Gasteiger partial charge in [0.1, 0.15) is 21.5 Å². The molecule has 0 aliphatic heterocycles. The summed E-state index contributed by atoms with van der Waals surface area (Å²) in [4.78, 5) is 5.74. The van der Waals surface area contributed by atoms with Crippen LogP contribution in [0.5, 0.6) is 5.75 Å². The monoisotopic (exact) mass is 343 g/mol. The molecule has 6 heteroatoms. The molecule has 2 heterocycles. The number of hydrogen-bond acceptors (Lipinski definition) is 6. The smallest absolute Gasteiger partial charge is 0.129 e. The van der Waals surface area contributed by atoms with Crippen LogP contribution < -0.4 is 4.74 Å². The number of aryl methyl sites for hydroxylation is 1. The molecule has 0 unspecified atom stereocenters. The van der Waals surface area contributed by atoms with Crippen LogP contribution in [0.3, 0.4) is 0 Å². The summed E-state index contributed by atoms with van der Waals surface area (Å²) in [5.74, 6) is 1.82. The molecular formula is C17H17N3OS2. The van der Waals surface area contributed by atoms with E-state index >= 15 is 0 Å². The molecule has 0 atom stereocenters. The molecule has 0 bridgehead atoms. The predicted molar refractivity (Wildman–Crippen MR) is 96.3 cm³/mol. The van der Waals surface area contributed by atoms with Crippen molar-refractivity contribution in [3.8, 4) is 26.9 Å². The van der Waals surface area contributed by atoms with Gasteiger partial charge in [-0.05, 0) is 36.9 Å². The molecule has 3 aromatic rings. The van der Waals surface area contributed by atoms with Gasteiger partial charge in [-0.2, -0.15) is 0 Å². The zero-order valence-corrected chi connectivity index (χ0v) is 14.9. The Kier molecular flexibility index (Phi) is 4.93. The van der Waals surface area contributed by atoms with E-state index in [1.54, 1.807) is 30.2 Å². The number of rotatable bonds is 5. The number of para-hydroxylation sites is 1. The lowest BCUT2D eigenvalue weighted by atomic mass is 10.2. The minimum atomic E-state index is 0.827. The summed E-state index contributed by atoms with van der Waals surface area (Å²) in [6.07, 6.45) is 0. The van der Waals surface area contributed by atoms with Gasteiger partial charge in [-0.15, -0.1) is 33.3 Å². The van der Waals surface area contributed by atoms with Crippen LogP contribution in [0.25, 0.3) is 21.1 Å². The minimum Gasteiger partial charge on any atom is -0.496 e. The molecule has 3 rings (SSSR count). The highest BCUT2D eigenvalue weighted by molar-refractivity contribution is 7.99. The summed E-state index contributed by atoms with van der Waals surface area (Å²) in [6, 6.07) is 11.9. The molecule has 0 spiro atoms. The van der Waals surface area contributed by atoms with Crippen molar-refractivity contribution in [3.05, 3.63) is 42.1 Å². The molecule has 1 aromatic carbocycles. The summed E-state index contributed by atoms with van der Waals surface area (Å²) in [7, 11) is 1.68. The Bertz CT molecular complexity index is 800. The summed E-state index contributed by atoms with van der Waals surface area (Å²) >= 11 is 3.30. The summed E-state index contributed by atoms with van der Waals surface area (Å²) < 4.78 is 5.43. The number of methoxy groups -OCH3 is 1. The van der Waals surface area contributed by atoms with E-state index in [0.717, 1.165) is 43.4 Å². The van der Waals surface area contributed by atoms with Crippen LogP contribution in [0.15, 0.2) is 41.4 Å². The zero-order chi connectivity index (χ0) is 16.2. The van der Waals surface area contributed by atoms with Gasteiger partial charge in [0.05, 0.1) is 23.2 Å². The molecule has 0 fully saturated rings. The Morgan fingerprint density at radius 2 is 1.96 bits per heavy atom. The van der Waals surface area contributed by atoms with E-state index in [2.05, 4.69) is 17.1 Å². The van der Waals surface area contributed by atoms with Crippen molar-refractivity contribution in [2.24, 2.45) is 0 Å². The zero-order valence-electron chi connectivity index (χ0n) is 13.2. The second-order valence-corrected chi connectivity index (χ2v) is 7.11. The Hall–Kier alpha value is -1.92. The highest BCUT2D eigenvalue weighted by Gasteiger charge is 2.15. The van der Waals surface area contributed by atoms with Crippen LogP contribution in [0.1, 0.15) is 12.6 Å². The molecule has 0 aliphatic rings. The van der Waals surface area contributed by atoms with E-state index in [1.165, 1.54) is 0 Å². The molecule has 2 aromatic heterocycles. The number of thiazole rings is 1. The maximum atomic E-state index is 5.43. The second-order valence-electron chi connectivity index (χ2n) is 4.82. The van der Waals surface area contributed by atoms with Crippen molar-refractivity contribution in [2.75, 3.05) is 12.9 Å². The van der Waals surface area contributed by atoms with Gasteiger partial charge in [0.15, 0.2) is 0 Å². The van der Waals surface area contributed by atoms with Crippen molar-refractivity contribution in [1.82, 2.24) is 15.2 Å². The minimum absolute atomic E-state index is 0.827. The van der Waals surface area contributed by atoms with E-state index in [9.17, 15) is 0 Å². The van der Waals surface area contributed by atoms with Gasteiger partial charge in [-0.3, -0.25) is 0 Å². The van der Waals surface area contributed by atoms with Gasteiger partial charge in [0.2, 0.25) is 0 Å². The molecule has 0 saturated carbocycles. The van der Waals surface area contributed by atoms with Crippen LogP contribution in [0.4, 0.5) is 0 Å². The van der Waals surface area contributed by atoms with Gasteiger partial charge in [-0.1, -0.05) is 19.1 Å². The highest BCUT2D eigenvalue weighted by atomic mass is 32.2. The maximum absolute atomic E-state index is 5.43. The SMILES string of the molecule is CCSc1ccc(-c2sc(-c3ccccc3OC)nc2C)nn1. The van der Waals surface area contributed by atoms with Crippen LogP contribution in [0.2, 0.25) is 0 Å². The molecular weight excluding hydrogens is 326 g/mol. The molecule has 118 valence electrons. The number of hydrogen-bond donors (Lipinski definition) is 0. The Balaban J connectivity index is 1.98. The number of aromatic nitrogens is 3. The maximum Gasteiger partial charge on any atom is 0.129 e. The molecule has 0 saturated heterocycles. The van der Waals surface area contributed by atoms with E-state index in [0.29, 0.717) is 0 Å². The topological polar surface area (TPSA) is 47.9 Å². The molecule has 23 heavy (non-hydrogen) atoms. The first-order valence-corrected chi connectivity index (χ1v) is 9.11. The molecule has 0 radical (unpaired) electrons. The number of thioether (sulfide) groups is 1. The van der Waals surface area contributed by atoms with Gasteiger partial charge < -0.3 is 4.74 Å². The Morgan fingerprint density at radius 1 is 1.13 bits per heavy atom. The predicted octanol–water partition coefficient (Wildman–Crippen LogP) is 4.70. The summed E-state index contributed by atoms with van der Waals surface area (Å²) in [6.45, 7) is 4.11. The quantitative estimate of drug-likeness (QED) is 0.629. The fourth-order valence-corrected chi connectivity index (χ4v) is 3.86. The van der Waals surface area contributed by atoms with Crippen LogP contribution in [-0.4, -0.2) is 28.0 Å². The molecule has 0 amide bonds. The largest absolute Gasteiger partial charge is 0.496 e. The number of nitrogens with zero attached hydrogens (tertiary/aromatic N) is 3. The lowest BCUT2D eigenvalue weighted by molar-refractivity contribution is 0.416. The van der Waals surface area contributed by atoms with Gasteiger partial charge >= 0.3 is 0 Å². The van der Waals surface area contributed by atoms with Crippen molar-refractivity contribution in [2.45, 2.75) is 18.9 Å². The average molecular weight is 343 g/mol. The van der Waals surface area contributed by atoms with Gasteiger partial charge in [0, 0.05) is 0 Å². The van der Waals surface area contributed by atoms with Crippen molar-refractivity contribution < 1.29 is 4.74 Å². The van der Waals surface area contributed by atoms with E-state index in [4.69, 9.17) is 9.72 Å². The Morgan fingerprint density at radius 3 is 2.65 bits per heavy atom.